The van der Waals surface area contributed by atoms with Gasteiger partial charge >= 0.3 is 0 Å². The van der Waals surface area contributed by atoms with E-state index in [2.05, 4.69) is 12.1 Å². The number of fused-ring (bicyclic) bond motifs is 2. The van der Waals surface area contributed by atoms with Gasteiger partial charge in [-0.1, -0.05) is 12.5 Å². The summed E-state index contributed by atoms with van der Waals surface area (Å²) in [6.07, 6.45) is 6.50. The van der Waals surface area contributed by atoms with Gasteiger partial charge in [0.2, 0.25) is 0 Å². The highest BCUT2D eigenvalue weighted by Crippen LogP contribution is 2.48. The van der Waals surface area contributed by atoms with Crippen molar-refractivity contribution in [3.63, 3.8) is 0 Å². The van der Waals surface area contributed by atoms with E-state index >= 15 is 0 Å². The first-order valence-corrected chi connectivity index (χ1v) is 8.21. The predicted octanol–water partition coefficient (Wildman–Crippen LogP) is 3.40. The van der Waals surface area contributed by atoms with Crippen LogP contribution in [0.2, 0.25) is 0 Å². The fourth-order valence-corrected chi connectivity index (χ4v) is 4.11. The van der Waals surface area contributed by atoms with Crippen molar-refractivity contribution >= 4 is 0 Å². The summed E-state index contributed by atoms with van der Waals surface area (Å²) in [6.45, 7) is 2.86. The van der Waals surface area contributed by atoms with E-state index in [0.717, 1.165) is 42.3 Å². The molecule has 0 radical (unpaired) electrons. The molecule has 0 amide bonds. The highest BCUT2D eigenvalue weighted by atomic mass is 16.5. The molecule has 2 aliphatic carbocycles. The van der Waals surface area contributed by atoms with E-state index in [-0.39, 0.29) is 6.04 Å². The second-order valence-corrected chi connectivity index (χ2v) is 6.91. The van der Waals surface area contributed by atoms with E-state index in [1.54, 1.807) is 7.11 Å². The first-order chi connectivity index (χ1) is 10.2. The summed E-state index contributed by atoms with van der Waals surface area (Å²) < 4.78 is 11.5. The van der Waals surface area contributed by atoms with E-state index in [1.807, 2.05) is 13.0 Å². The Bertz CT molecular complexity index is 486. The molecule has 3 rings (SSSR count). The molecular formula is C18H27NO2. The quantitative estimate of drug-likeness (QED) is 0.873. The van der Waals surface area contributed by atoms with Gasteiger partial charge in [-0.15, -0.1) is 0 Å². The third-order valence-corrected chi connectivity index (χ3v) is 5.12. The average molecular weight is 289 g/mol. The maximum atomic E-state index is 6.07. The third kappa shape index (κ3) is 3.34. The lowest BCUT2D eigenvalue weighted by atomic mass is 9.89. The smallest absolute Gasteiger partial charge is 0.161 e. The molecule has 0 aromatic heterocycles. The number of benzene rings is 1. The minimum absolute atomic E-state index is 0.163. The van der Waals surface area contributed by atoms with Crippen LogP contribution in [0.25, 0.3) is 0 Å². The minimum atomic E-state index is 0.163. The molecule has 4 unspecified atom stereocenters. The molecule has 2 fully saturated rings. The van der Waals surface area contributed by atoms with Crippen molar-refractivity contribution in [1.82, 2.24) is 0 Å². The monoisotopic (exact) mass is 289 g/mol. The SMILES string of the molecule is COc1cc(CC(C)N)ccc1OCC1CC2CCC1C2. The van der Waals surface area contributed by atoms with Gasteiger partial charge in [0, 0.05) is 6.04 Å². The van der Waals surface area contributed by atoms with Gasteiger partial charge in [-0.25, -0.2) is 0 Å². The molecular weight excluding hydrogens is 262 g/mol. The van der Waals surface area contributed by atoms with Gasteiger partial charge in [0.15, 0.2) is 11.5 Å². The fraction of sp³-hybridized carbons (Fsp3) is 0.667. The van der Waals surface area contributed by atoms with E-state index < -0.39 is 0 Å². The summed E-state index contributed by atoms with van der Waals surface area (Å²) in [6, 6.07) is 6.35. The summed E-state index contributed by atoms with van der Waals surface area (Å²) >= 11 is 0. The lowest BCUT2D eigenvalue weighted by Gasteiger charge is -2.22. The van der Waals surface area contributed by atoms with Crippen LogP contribution in [0.5, 0.6) is 11.5 Å². The summed E-state index contributed by atoms with van der Waals surface area (Å²) in [5, 5.41) is 0. The molecule has 116 valence electrons. The number of hydrogen-bond donors (Lipinski definition) is 1. The number of hydrogen-bond acceptors (Lipinski definition) is 3. The molecule has 2 saturated carbocycles. The molecule has 4 atom stereocenters. The van der Waals surface area contributed by atoms with Crippen LogP contribution in [0.15, 0.2) is 18.2 Å². The van der Waals surface area contributed by atoms with Gasteiger partial charge in [0.05, 0.1) is 13.7 Å². The van der Waals surface area contributed by atoms with Crippen molar-refractivity contribution in [1.29, 1.82) is 0 Å². The zero-order valence-corrected chi connectivity index (χ0v) is 13.2. The largest absolute Gasteiger partial charge is 0.493 e. The predicted molar refractivity (Wildman–Crippen MR) is 84.8 cm³/mol. The number of nitrogens with two attached hydrogens (primary N) is 1. The molecule has 3 heteroatoms. The van der Waals surface area contributed by atoms with Crippen LogP contribution in [0.3, 0.4) is 0 Å². The Morgan fingerprint density at radius 3 is 2.71 bits per heavy atom. The van der Waals surface area contributed by atoms with E-state index in [0.29, 0.717) is 0 Å². The fourth-order valence-electron chi connectivity index (χ4n) is 4.11. The summed E-state index contributed by atoms with van der Waals surface area (Å²) in [5.41, 5.74) is 7.06. The average Bonchev–Trinajstić information content (AvgIpc) is 3.07. The molecule has 0 spiro atoms. The molecule has 2 aliphatic rings. The summed E-state index contributed by atoms with van der Waals surface area (Å²) in [5.74, 6) is 4.32. The van der Waals surface area contributed by atoms with Gasteiger partial charge < -0.3 is 15.2 Å². The molecule has 3 nitrogen and oxygen atoms in total. The molecule has 0 heterocycles. The van der Waals surface area contributed by atoms with Gasteiger partial charge in [-0.05, 0) is 68.1 Å². The number of methoxy groups -OCH3 is 1. The Kier molecular flexibility index (Phi) is 4.39. The molecule has 21 heavy (non-hydrogen) atoms. The van der Waals surface area contributed by atoms with E-state index in [9.17, 15) is 0 Å². The second-order valence-electron chi connectivity index (χ2n) is 6.91. The molecule has 2 bridgehead atoms. The normalized spacial score (nSPS) is 28.6. The molecule has 0 saturated heterocycles. The lowest BCUT2D eigenvalue weighted by Crippen LogP contribution is -2.19. The van der Waals surface area contributed by atoms with E-state index in [1.165, 1.54) is 31.2 Å². The second kappa shape index (κ2) is 6.27. The van der Waals surface area contributed by atoms with Crippen molar-refractivity contribution in [3.05, 3.63) is 23.8 Å². The van der Waals surface area contributed by atoms with E-state index in [4.69, 9.17) is 15.2 Å². The maximum Gasteiger partial charge on any atom is 0.161 e. The topological polar surface area (TPSA) is 44.5 Å². The summed E-state index contributed by atoms with van der Waals surface area (Å²) in [4.78, 5) is 0. The Morgan fingerprint density at radius 1 is 1.24 bits per heavy atom. The lowest BCUT2D eigenvalue weighted by molar-refractivity contribution is 0.189. The highest BCUT2D eigenvalue weighted by Gasteiger charge is 2.39. The maximum absolute atomic E-state index is 6.07. The highest BCUT2D eigenvalue weighted by molar-refractivity contribution is 5.43. The first kappa shape index (κ1) is 14.7. The Hall–Kier alpha value is -1.22. The Balaban J connectivity index is 1.62. The van der Waals surface area contributed by atoms with Gasteiger partial charge in [0.25, 0.3) is 0 Å². The number of rotatable bonds is 6. The zero-order valence-electron chi connectivity index (χ0n) is 13.2. The van der Waals surface area contributed by atoms with Crippen LogP contribution in [-0.2, 0) is 6.42 Å². The van der Waals surface area contributed by atoms with Gasteiger partial charge in [0.1, 0.15) is 0 Å². The van der Waals surface area contributed by atoms with Crippen LogP contribution < -0.4 is 15.2 Å². The van der Waals surface area contributed by atoms with Crippen LogP contribution in [0, 0.1) is 17.8 Å². The molecule has 1 aromatic rings. The van der Waals surface area contributed by atoms with Crippen LogP contribution >= 0.6 is 0 Å². The van der Waals surface area contributed by atoms with Crippen LogP contribution in [-0.4, -0.2) is 19.8 Å². The Morgan fingerprint density at radius 2 is 2.10 bits per heavy atom. The molecule has 2 N–H and O–H groups in total. The Labute approximate surface area is 127 Å². The molecule has 1 aromatic carbocycles. The van der Waals surface area contributed by atoms with Gasteiger partial charge in [-0.2, -0.15) is 0 Å². The number of ether oxygens (including phenoxy) is 2. The third-order valence-electron chi connectivity index (χ3n) is 5.12. The first-order valence-electron chi connectivity index (χ1n) is 8.21. The van der Waals surface area contributed by atoms with Crippen LogP contribution in [0.1, 0.15) is 38.2 Å². The summed E-state index contributed by atoms with van der Waals surface area (Å²) in [7, 11) is 1.70. The van der Waals surface area contributed by atoms with Crippen LogP contribution in [0.4, 0.5) is 0 Å². The van der Waals surface area contributed by atoms with Crippen molar-refractivity contribution < 1.29 is 9.47 Å². The minimum Gasteiger partial charge on any atom is -0.493 e. The van der Waals surface area contributed by atoms with Crippen molar-refractivity contribution in [2.24, 2.45) is 23.5 Å². The van der Waals surface area contributed by atoms with Crippen molar-refractivity contribution in [2.75, 3.05) is 13.7 Å². The van der Waals surface area contributed by atoms with Crippen molar-refractivity contribution in [3.8, 4) is 11.5 Å². The molecule has 0 aliphatic heterocycles. The standard InChI is InChI=1S/C18H27NO2/c1-12(19)7-13-4-6-17(18(10-13)20-2)21-11-16-9-14-3-5-15(16)8-14/h4,6,10,12,14-16H,3,5,7-9,11,19H2,1-2H3. The zero-order chi connectivity index (χ0) is 14.8. The van der Waals surface area contributed by atoms with Crippen molar-refractivity contribution in [2.45, 2.75) is 45.1 Å². The van der Waals surface area contributed by atoms with Gasteiger partial charge in [-0.3, -0.25) is 0 Å².